The molecule has 0 spiro atoms. The summed E-state index contributed by atoms with van der Waals surface area (Å²) < 4.78 is 7.13. The Labute approximate surface area is 84.8 Å². The van der Waals surface area contributed by atoms with E-state index in [4.69, 9.17) is 10.5 Å². The van der Waals surface area contributed by atoms with Gasteiger partial charge >= 0.3 is 0 Å². The van der Waals surface area contributed by atoms with Crippen LogP contribution in [0.2, 0.25) is 0 Å². The minimum Gasteiger partial charge on any atom is -0.461 e. The van der Waals surface area contributed by atoms with Crippen molar-refractivity contribution in [3.05, 3.63) is 30.3 Å². The third-order valence-electron chi connectivity index (χ3n) is 2.34. The SMILES string of the molecule is NC(=O)c1cc2c3c(c1)ncn3C=CO2. The zero-order valence-electron chi connectivity index (χ0n) is 7.68. The van der Waals surface area contributed by atoms with E-state index in [9.17, 15) is 4.79 Å². The van der Waals surface area contributed by atoms with Crippen LogP contribution in [0.4, 0.5) is 0 Å². The molecule has 1 aliphatic heterocycles. The molecule has 3 rings (SSSR count). The summed E-state index contributed by atoms with van der Waals surface area (Å²) in [6, 6.07) is 3.27. The van der Waals surface area contributed by atoms with Gasteiger partial charge in [-0.25, -0.2) is 4.98 Å². The first-order chi connectivity index (χ1) is 7.25. The van der Waals surface area contributed by atoms with Gasteiger partial charge in [-0.2, -0.15) is 0 Å². The zero-order valence-corrected chi connectivity index (χ0v) is 7.68. The van der Waals surface area contributed by atoms with E-state index in [1.807, 2.05) is 4.57 Å². The Hall–Kier alpha value is -2.30. The molecule has 0 bridgehead atoms. The van der Waals surface area contributed by atoms with Gasteiger partial charge < -0.3 is 10.5 Å². The van der Waals surface area contributed by atoms with Gasteiger partial charge in [0.2, 0.25) is 5.91 Å². The molecule has 74 valence electrons. The van der Waals surface area contributed by atoms with Crippen molar-refractivity contribution in [2.45, 2.75) is 0 Å². The molecule has 0 saturated carbocycles. The van der Waals surface area contributed by atoms with Gasteiger partial charge in [-0.15, -0.1) is 0 Å². The number of amides is 1. The molecule has 5 heteroatoms. The molecule has 0 unspecified atom stereocenters. The minimum atomic E-state index is -0.485. The van der Waals surface area contributed by atoms with Crippen molar-refractivity contribution in [1.82, 2.24) is 9.55 Å². The Bertz CT molecular complexity index is 598. The number of nitrogens with zero attached hydrogens (tertiary/aromatic N) is 2. The normalized spacial score (nSPS) is 12.8. The molecular formula is C10H7N3O2. The molecule has 5 nitrogen and oxygen atoms in total. The fourth-order valence-corrected chi connectivity index (χ4v) is 1.65. The average molecular weight is 201 g/mol. The van der Waals surface area contributed by atoms with Gasteiger partial charge in [0.05, 0.1) is 5.52 Å². The lowest BCUT2D eigenvalue weighted by atomic mass is 10.1. The van der Waals surface area contributed by atoms with Crippen molar-refractivity contribution >= 4 is 23.1 Å². The maximum Gasteiger partial charge on any atom is 0.248 e. The number of aromatic nitrogens is 2. The monoisotopic (exact) mass is 201 g/mol. The first-order valence-electron chi connectivity index (χ1n) is 4.39. The summed E-state index contributed by atoms with van der Waals surface area (Å²) in [5, 5.41) is 0. The molecule has 2 heterocycles. The Morgan fingerprint density at radius 2 is 2.33 bits per heavy atom. The molecule has 0 saturated heterocycles. The molecule has 0 atom stereocenters. The molecule has 1 amide bonds. The van der Waals surface area contributed by atoms with Crippen LogP contribution in [0.1, 0.15) is 10.4 Å². The van der Waals surface area contributed by atoms with Crippen LogP contribution in [0.25, 0.3) is 17.2 Å². The first-order valence-corrected chi connectivity index (χ1v) is 4.39. The van der Waals surface area contributed by atoms with Crippen molar-refractivity contribution in [1.29, 1.82) is 0 Å². The largest absolute Gasteiger partial charge is 0.461 e. The quantitative estimate of drug-likeness (QED) is 0.746. The highest BCUT2D eigenvalue weighted by Gasteiger charge is 2.14. The van der Waals surface area contributed by atoms with Crippen molar-refractivity contribution in [2.24, 2.45) is 5.73 Å². The third kappa shape index (κ3) is 1.03. The second-order valence-corrected chi connectivity index (χ2v) is 3.26. The van der Waals surface area contributed by atoms with Crippen LogP contribution in [0.3, 0.4) is 0 Å². The number of nitrogens with two attached hydrogens (primary N) is 1. The highest BCUT2D eigenvalue weighted by Crippen LogP contribution is 2.29. The fourth-order valence-electron chi connectivity index (χ4n) is 1.65. The Balaban J connectivity index is 2.39. The summed E-state index contributed by atoms with van der Waals surface area (Å²) in [7, 11) is 0. The number of hydrogen-bond donors (Lipinski definition) is 1. The van der Waals surface area contributed by atoms with Crippen molar-refractivity contribution in [3.8, 4) is 5.75 Å². The average Bonchev–Trinajstić information content (AvgIpc) is 2.64. The van der Waals surface area contributed by atoms with Gasteiger partial charge in [-0.05, 0) is 12.1 Å². The standard InChI is InChI=1S/C10H7N3O2/c11-10(14)6-3-7-9-8(4-6)15-2-1-13(9)5-12-7/h1-5H,(H2,11,14). The summed E-state index contributed by atoms with van der Waals surface area (Å²) in [6.45, 7) is 0. The summed E-state index contributed by atoms with van der Waals surface area (Å²) in [5.74, 6) is 0.113. The number of benzene rings is 1. The second-order valence-electron chi connectivity index (χ2n) is 3.26. The fraction of sp³-hybridized carbons (Fsp3) is 0. The molecule has 1 aromatic carbocycles. The van der Waals surface area contributed by atoms with Crippen LogP contribution in [-0.4, -0.2) is 15.5 Å². The van der Waals surface area contributed by atoms with Crippen LogP contribution >= 0.6 is 0 Å². The van der Waals surface area contributed by atoms with Crippen molar-refractivity contribution in [2.75, 3.05) is 0 Å². The number of carbonyl (C=O) groups is 1. The van der Waals surface area contributed by atoms with Crippen LogP contribution in [0, 0.1) is 0 Å². The Kier molecular flexibility index (Phi) is 1.39. The van der Waals surface area contributed by atoms with Crippen LogP contribution in [0.5, 0.6) is 5.75 Å². The summed E-state index contributed by atoms with van der Waals surface area (Å²) >= 11 is 0. The van der Waals surface area contributed by atoms with Gasteiger partial charge in [-0.1, -0.05) is 0 Å². The number of hydrogen-bond acceptors (Lipinski definition) is 3. The highest BCUT2D eigenvalue weighted by atomic mass is 16.5. The summed E-state index contributed by atoms with van der Waals surface area (Å²) in [6.07, 6.45) is 4.96. The van der Waals surface area contributed by atoms with E-state index < -0.39 is 5.91 Å². The van der Waals surface area contributed by atoms with Crippen molar-refractivity contribution < 1.29 is 9.53 Å². The van der Waals surface area contributed by atoms with Crippen LogP contribution in [-0.2, 0) is 0 Å². The lowest BCUT2D eigenvalue weighted by Crippen LogP contribution is -2.11. The molecule has 15 heavy (non-hydrogen) atoms. The predicted octanol–water partition coefficient (Wildman–Crippen LogP) is 0.956. The smallest absolute Gasteiger partial charge is 0.248 e. The molecule has 2 aromatic rings. The number of imidazole rings is 1. The zero-order chi connectivity index (χ0) is 10.4. The van der Waals surface area contributed by atoms with E-state index in [0.29, 0.717) is 16.8 Å². The molecule has 0 aliphatic carbocycles. The van der Waals surface area contributed by atoms with E-state index >= 15 is 0 Å². The number of ether oxygens (including phenoxy) is 1. The van der Waals surface area contributed by atoms with E-state index in [1.165, 1.54) is 6.26 Å². The highest BCUT2D eigenvalue weighted by molar-refractivity contribution is 5.98. The van der Waals surface area contributed by atoms with E-state index in [0.717, 1.165) is 5.52 Å². The lowest BCUT2D eigenvalue weighted by Gasteiger charge is -2.10. The van der Waals surface area contributed by atoms with Crippen LogP contribution in [0.15, 0.2) is 24.7 Å². The molecular weight excluding hydrogens is 194 g/mol. The van der Waals surface area contributed by atoms with E-state index in [2.05, 4.69) is 4.98 Å². The number of primary amides is 1. The Morgan fingerprint density at radius 3 is 3.13 bits per heavy atom. The van der Waals surface area contributed by atoms with Gasteiger partial charge in [-0.3, -0.25) is 9.36 Å². The topological polar surface area (TPSA) is 70.1 Å². The third-order valence-corrected chi connectivity index (χ3v) is 2.34. The van der Waals surface area contributed by atoms with Gasteiger partial charge in [0.1, 0.15) is 18.1 Å². The maximum absolute atomic E-state index is 11.1. The second kappa shape index (κ2) is 2.60. The van der Waals surface area contributed by atoms with Gasteiger partial charge in [0.25, 0.3) is 0 Å². The summed E-state index contributed by atoms with van der Waals surface area (Å²) in [5.41, 5.74) is 7.16. The van der Waals surface area contributed by atoms with Gasteiger partial charge in [0, 0.05) is 11.8 Å². The molecule has 0 radical (unpaired) electrons. The van der Waals surface area contributed by atoms with Crippen molar-refractivity contribution in [3.63, 3.8) is 0 Å². The predicted molar refractivity (Wildman–Crippen MR) is 54.2 cm³/mol. The minimum absolute atomic E-state index is 0.401. The number of rotatable bonds is 1. The maximum atomic E-state index is 11.1. The molecule has 0 fully saturated rings. The van der Waals surface area contributed by atoms with E-state index in [1.54, 1.807) is 24.7 Å². The number of carbonyl (C=O) groups excluding carboxylic acids is 1. The molecule has 1 aliphatic rings. The van der Waals surface area contributed by atoms with Gasteiger partial charge in [0.15, 0.2) is 5.75 Å². The lowest BCUT2D eigenvalue weighted by molar-refractivity contribution is 0.1000. The first kappa shape index (κ1) is 8.05. The Morgan fingerprint density at radius 1 is 1.47 bits per heavy atom. The molecule has 1 aromatic heterocycles. The molecule has 2 N–H and O–H groups in total. The summed E-state index contributed by atoms with van der Waals surface area (Å²) in [4.78, 5) is 15.2. The van der Waals surface area contributed by atoms with Crippen LogP contribution < -0.4 is 10.5 Å². The van der Waals surface area contributed by atoms with E-state index in [-0.39, 0.29) is 0 Å².